The summed E-state index contributed by atoms with van der Waals surface area (Å²) in [5, 5.41) is 0.783. The van der Waals surface area contributed by atoms with Gasteiger partial charge in [0, 0.05) is 5.39 Å². The summed E-state index contributed by atoms with van der Waals surface area (Å²) in [6.07, 6.45) is 0.638. The van der Waals surface area contributed by atoms with E-state index in [-0.39, 0.29) is 0 Å². The van der Waals surface area contributed by atoms with Crippen LogP contribution in [0.3, 0.4) is 0 Å². The topological polar surface area (TPSA) is 65.2 Å². The summed E-state index contributed by atoms with van der Waals surface area (Å²) in [6, 6.07) is 7.49. The molecule has 2 N–H and O–H groups in total. The molecule has 0 spiro atoms. The number of esters is 1. The molecule has 2 aromatic rings. The van der Waals surface area contributed by atoms with Crippen LogP contribution in [0.1, 0.15) is 23.0 Å². The van der Waals surface area contributed by atoms with Crippen LogP contribution < -0.4 is 5.73 Å². The minimum Gasteiger partial charge on any atom is -0.465 e. The molecule has 0 bridgehead atoms. The molecule has 4 heteroatoms. The van der Waals surface area contributed by atoms with E-state index in [1.54, 1.807) is 0 Å². The van der Waals surface area contributed by atoms with E-state index >= 15 is 0 Å². The van der Waals surface area contributed by atoms with E-state index in [1.807, 2.05) is 31.2 Å². The molecule has 4 nitrogen and oxygen atoms in total. The minimum absolute atomic E-state index is 0.383. The molecule has 0 amide bonds. The summed E-state index contributed by atoms with van der Waals surface area (Å²) < 4.78 is 4.75. The number of aromatic nitrogens is 1. The molecule has 1 aromatic heterocycles. The Kier molecular flexibility index (Phi) is 2.95. The maximum absolute atomic E-state index is 11.7. The van der Waals surface area contributed by atoms with Gasteiger partial charge in [-0.25, -0.2) is 4.79 Å². The van der Waals surface area contributed by atoms with Crippen molar-refractivity contribution in [3.8, 4) is 0 Å². The normalized spacial score (nSPS) is 10.5. The Labute approximate surface area is 99.4 Å². The lowest BCUT2D eigenvalue weighted by Gasteiger charge is -2.11. The number of hydrogen-bond acceptors (Lipinski definition) is 4. The molecule has 1 heterocycles. The van der Waals surface area contributed by atoms with E-state index in [9.17, 15) is 4.79 Å². The standard InChI is InChI=1S/C13H14N2O2/c1-3-9-11(13(16)17-2)12(14)8-6-4-5-7-10(8)15-9/h4-7H,3H2,1-2H3,(H2,14,15). The number of nitrogens with zero attached hydrogens (tertiary/aromatic N) is 1. The molecule has 0 fully saturated rings. The summed E-state index contributed by atoms with van der Waals surface area (Å²) >= 11 is 0. The predicted molar refractivity (Wildman–Crippen MR) is 66.9 cm³/mol. The van der Waals surface area contributed by atoms with Gasteiger partial charge in [-0.15, -0.1) is 0 Å². The number of nitrogen functional groups attached to an aromatic ring is 1. The number of methoxy groups -OCH3 is 1. The van der Waals surface area contributed by atoms with Crippen molar-refractivity contribution >= 4 is 22.6 Å². The number of fused-ring (bicyclic) bond motifs is 1. The summed E-state index contributed by atoms with van der Waals surface area (Å²) in [4.78, 5) is 16.2. The van der Waals surface area contributed by atoms with Crippen molar-refractivity contribution in [3.63, 3.8) is 0 Å². The Morgan fingerprint density at radius 3 is 2.76 bits per heavy atom. The lowest BCUT2D eigenvalue weighted by molar-refractivity contribution is 0.0600. The van der Waals surface area contributed by atoms with E-state index in [0.29, 0.717) is 23.4 Å². The zero-order valence-electron chi connectivity index (χ0n) is 9.86. The third-order valence-corrected chi connectivity index (χ3v) is 2.73. The van der Waals surface area contributed by atoms with Crippen LogP contribution in [0.5, 0.6) is 0 Å². The number of aryl methyl sites for hydroxylation is 1. The SMILES string of the molecule is CCc1nc2ccccc2c(N)c1C(=O)OC. The van der Waals surface area contributed by atoms with E-state index in [0.717, 1.165) is 10.9 Å². The number of benzene rings is 1. The van der Waals surface area contributed by atoms with Gasteiger partial charge in [-0.3, -0.25) is 4.98 Å². The number of carbonyl (C=O) groups excluding carboxylic acids is 1. The molecule has 0 aliphatic heterocycles. The smallest absolute Gasteiger partial charge is 0.341 e. The second-order valence-corrected chi connectivity index (χ2v) is 3.71. The van der Waals surface area contributed by atoms with Crippen LogP contribution >= 0.6 is 0 Å². The van der Waals surface area contributed by atoms with Gasteiger partial charge in [0.05, 0.1) is 24.0 Å². The van der Waals surface area contributed by atoms with Gasteiger partial charge < -0.3 is 10.5 Å². The number of ether oxygens (including phenoxy) is 1. The first-order valence-electron chi connectivity index (χ1n) is 5.44. The second kappa shape index (κ2) is 4.41. The molecule has 17 heavy (non-hydrogen) atoms. The van der Waals surface area contributed by atoms with Gasteiger partial charge in [-0.2, -0.15) is 0 Å². The zero-order valence-corrected chi connectivity index (χ0v) is 9.86. The first-order chi connectivity index (χ1) is 8.19. The molecule has 0 aliphatic carbocycles. The quantitative estimate of drug-likeness (QED) is 0.803. The van der Waals surface area contributed by atoms with Gasteiger partial charge >= 0.3 is 5.97 Å². The maximum Gasteiger partial charge on any atom is 0.341 e. The van der Waals surface area contributed by atoms with Crippen LogP contribution in [0.2, 0.25) is 0 Å². The molecule has 88 valence electrons. The van der Waals surface area contributed by atoms with Crippen LogP contribution in [0.15, 0.2) is 24.3 Å². The van der Waals surface area contributed by atoms with Crippen LogP contribution in [0, 0.1) is 0 Å². The van der Waals surface area contributed by atoms with Crippen molar-refractivity contribution in [2.45, 2.75) is 13.3 Å². The number of nitrogens with two attached hydrogens (primary N) is 1. The lowest BCUT2D eigenvalue weighted by Crippen LogP contribution is -2.11. The lowest BCUT2D eigenvalue weighted by atomic mass is 10.0. The van der Waals surface area contributed by atoms with E-state index in [2.05, 4.69) is 4.98 Å². The zero-order chi connectivity index (χ0) is 12.4. The average Bonchev–Trinajstić information content (AvgIpc) is 2.37. The van der Waals surface area contributed by atoms with Crippen LogP contribution in [0.25, 0.3) is 10.9 Å². The van der Waals surface area contributed by atoms with Crippen molar-refractivity contribution in [2.24, 2.45) is 0 Å². The third kappa shape index (κ3) is 1.82. The molecule has 0 saturated carbocycles. The molecule has 0 unspecified atom stereocenters. The number of para-hydroxylation sites is 1. The van der Waals surface area contributed by atoms with Gasteiger partial charge in [-0.05, 0) is 12.5 Å². The fourth-order valence-electron chi connectivity index (χ4n) is 1.88. The molecular formula is C13H14N2O2. The number of rotatable bonds is 2. The summed E-state index contributed by atoms with van der Waals surface area (Å²) in [6.45, 7) is 1.93. The Morgan fingerprint density at radius 2 is 2.12 bits per heavy atom. The Bertz CT molecular complexity index is 579. The molecule has 0 atom stereocenters. The van der Waals surface area contributed by atoms with Crippen molar-refractivity contribution in [2.75, 3.05) is 12.8 Å². The highest BCUT2D eigenvalue weighted by atomic mass is 16.5. The van der Waals surface area contributed by atoms with Gasteiger partial charge in [0.15, 0.2) is 0 Å². The number of carbonyl (C=O) groups is 1. The van der Waals surface area contributed by atoms with Crippen molar-refractivity contribution in [3.05, 3.63) is 35.5 Å². The Morgan fingerprint density at radius 1 is 1.41 bits per heavy atom. The Balaban J connectivity index is 2.81. The van der Waals surface area contributed by atoms with Gasteiger partial charge in [0.1, 0.15) is 5.56 Å². The molecule has 0 radical (unpaired) electrons. The fourth-order valence-corrected chi connectivity index (χ4v) is 1.88. The minimum atomic E-state index is -0.433. The average molecular weight is 230 g/mol. The fraction of sp³-hybridized carbons (Fsp3) is 0.231. The van der Waals surface area contributed by atoms with E-state index < -0.39 is 5.97 Å². The van der Waals surface area contributed by atoms with Crippen LogP contribution in [0.4, 0.5) is 5.69 Å². The summed E-state index contributed by atoms with van der Waals surface area (Å²) in [5.74, 6) is -0.433. The van der Waals surface area contributed by atoms with Crippen molar-refractivity contribution < 1.29 is 9.53 Å². The molecule has 2 rings (SSSR count). The first kappa shape index (κ1) is 11.4. The van der Waals surface area contributed by atoms with E-state index in [1.165, 1.54) is 7.11 Å². The molecular weight excluding hydrogens is 216 g/mol. The first-order valence-corrected chi connectivity index (χ1v) is 5.44. The number of anilines is 1. The number of hydrogen-bond donors (Lipinski definition) is 1. The predicted octanol–water partition coefficient (Wildman–Crippen LogP) is 2.17. The molecule has 1 aromatic carbocycles. The Hall–Kier alpha value is -2.10. The third-order valence-electron chi connectivity index (χ3n) is 2.73. The van der Waals surface area contributed by atoms with Crippen LogP contribution in [-0.4, -0.2) is 18.1 Å². The highest BCUT2D eigenvalue weighted by Crippen LogP contribution is 2.26. The monoisotopic (exact) mass is 230 g/mol. The van der Waals surface area contributed by atoms with Crippen molar-refractivity contribution in [1.29, 1.82) is 0 Å². The summed E-state index contributed by atoms with van der Waals surface area (Å²) in [5.41, 5.74) is 8.33. The number of pyridine rings is 1. The van der Waals surface area contributed by atoms with E-state index in [4.69, 9.17) is 10.5 Å². The summed E-state index contributed by atoms with van der Waals surface area (Å²) in [7, 11) is 1.34. The highest BCUT2D eigenvalue weighted by Gasteiger charge is 2.18. The second-order valence-electron chi connectivity index (χ2n) is 3.71. The van der Waals surface area contributed by atoms with Crippen molar-refractivity contribution in [1.82, 2.24) is 4.98 Å². The van der Waals surface area contributed by atoms with Gasteiger partial charge in [-0.1, -0.05) is 25.1 Å². The largest absolute Gasteiger partial charge is 0.465 e. The highest BCUT2D eigenvalue weighted by molar-refractivity contribution is 6.05. The maximum atomic E-state index is 11.7. The van der Waals surface area contributed by atoms with Gasteiger partial charge in [0.2, 0.25) is 0 Å². The molecule has 0 aliphatic rings. The van der Waals surface area contributed by atoms with Crippen LogP contribution in [-0.2, 0) is 11.2 Å². The van der Waals surface area contributed by atoms with Gasteiger partial charge in [0.25, 0.3) is 0 Å². The molecule has 0 saturated heterocycles.